The zero-order chi connectivity index (χ0) is 24.5. The number of carbonyl (C=O) groups excluding carboxylic acids is 1. The van der Waals surface area contributed by atoms with Crippen LogP contribution in [0.2, 0.25) is 5.02 Å². The number of ether oxygens (including phenoxy) is 1. The van der Waals surface area contributed by atoms with Crippen LogP contribution in [0.1, 0.15) is 30.0 Å². The van der Waals surface area contributed by atoms with Crippen LogP contribution in [0.15, 0.2) is 83.0 Å². The average molecular weight is 487 g/mol. The van der Waals surface area contributed by atoms with E-state index in [0.29, 0.717) is 39.4 Å². The zero-order valence-electron chi connectivity index (χ0n) is 19.4. The summed E-state index contributed by atoms with van der Waals surface area (Å²) < 4.78 is 11.0. The van der Waals surface area contributed by atoms with Gasteiger partial charge in [0, 0.05) is 11.3 Å². The summed E-state index contributed by atoms with van der Waals surface area (Å²) in [5, 5.41) is 7.71. The number of methoxy groups -OCH3 is 1. The molecule has 1 unspecified atom stereocenters. The minimum Gasteiger partial charge on any atom is -0.495 e. The number of aromatic nitrogens is 2. The Morgan fingerprint density at radius 1 is 1.03 bits per heavy atom. The Kier molecular flexibility index (Phi) is 6.01. The van der Waals surface area contributed by atoms with Crippen LogP contribution in [0, 0.1) is 6.92 Å². The smallest absolute Gasteiger partial charge is 0.326 e. The molecule has 5 rings (SSSR count). The highest BCUT2D eigenvalue weighted by molar-refractivity contribution is 6.32. The van der Waals surface area contributed by atoms with E-state index in [4.69, 9.17) is 20.9 Å². The molecule has 1 atom stereocenters. The molecule has 1 aromatic heterocycles. The fourth-order valence-electron chi connectivity index (χ4n) is 4.17. The molecule has 8 heteroatoms. The first-order chi connectivity index (χ1) is 17.0. The van der Waals surface area contributed by atoms with E-state index in [9.17, 15) is 4.79 Å². The van der Waals surface area contributed by atoms with Crippen LogP contribution < -0.4 is 15.0 Å². The van der Waals surface area contributed by atoms with Crippen molar-refractivity contribution in [1.29, 1.82) is 0 Å². The molecule has 0 saturated heterocycles. The first-order valence-corrected chi connectivity index (χ1v) is 11.4. The van der Waals surface area contributed by atoms with Gasteiger partial charge >= 0.3 is 6.03 Å². The van der Waals surface area contributed by atoms with Gasteiger partial charge in [0.05, 0.1) is 29.4 Å². The lowest BCUT2D eigenvalue weighted by Crippen LogP contribution is -2.46. The summed E-state index contributed by atoms with van der Waals surface area (Å²) in [5.74, 6) is 1.33. The quantitative estimate of drug-likeness (QED) is 0.352. The number of benzene rings is 3. The maximum absolute atomic E-state index is 13.4. The molecule has 0 saturated carbocycles. The third kappa shape index (κ3) is 4.26. The standard InChI is InChI=1S/C27H23ClN4O3/c1-16-9-11-18(12-10-16)24-23(26-30-25(31-35-26)19-7-5-4-6-8-19)17(2)32(27(33)29-24)20-13-14-22(34-3)21(28)15-20/h4-15,24H,1-3H3,(H,29,33). The number of halogens is 1. The van der Waals surface area contributed by atoms with E-state index in [1.54, 1.807) is 30.2 Å². The molecule has 1 N–H and O–H groups in total. The predicted molar refractivity (Wildman–Crippen MR) is 135 cm³/mol. The topological polar surface area (TPSA) is 80.5 Å². The molecule has 0 bridgehead atoms. The van der Waals surface area contributed by atoms with Crippen molar-refractivity contribution < 1.29 is 14.1 Å². The van der Waals surface area contributed by atoms with Gasteiger partial charge in [-0.1, -0.05) is 76.9 Å². The molecule has 3 aromatic carbocycles. The summed E-state index contributed by atoms with van der Waals surface area (Å²) in [6, 6.07) is 22.0. The van der Waals surface area contributed by atoms with Crippen LogP contribution in [0.25, 0.3) is 17.0 Å². The summed E-state index contributed by atoms with van der Waals surface area (Å²) in [7, 11) is 1.55. The van der Waals surface area contributed by atoms with Crippen molar-refractivity contribution in [2.75, 3.05) is 12.0 Å². The van der Waals surface area contributed by atoms with Crippen molar-refractivity contribution in [2.45, 2.75) is 19.9 Å². The second-order valence-corrected chi connectivity index (χ2v) is 8.64. The molecule has 0 aliphatic carbocycles. The van der Waals surface area contributed by atoms with Crippen molar-refractivity contribution >= 4 is 28.9 Å². The van der Waals surface area contributed by atoms with Gasteiger partial charge in [-0.3, -0.25) is 4.90 Å². The normalized spacial score (nSPS) is 15.8. The second kappa shape index (κ2) is 9.27. The van der Waals surface area contributed by atoms with E-state index in [2.05, 4.69) is 15.5 Å². The van der Waals surface area contributed by atoms with Crippen molar-refractivity contribution in [3.8, 4) is 17.1 Å². The second-order valence-electron chi connectivity index (χ2n) is 8.24. The number of urea groups is 1. The van der Waals surface area contributed by atoms with Crippen LogP contribution in [0.5, 0.6) is 5.75 Å². The van der Waals surface area contributed by atoms with E-state index >= 15 is 0 Å². The molecule has 0 radical (unpaired) electrons. The Hall–Kier alpha value is -4.10. The Labute approximate surface area is 208 Å². The first kappa shape index (κ1) is 22.7. The zero-order valence-corrected chi connectivity index (χ0v) is 20.2. The highest BCUT2D eigenvalue weighted by atomic mass is 35.5. The van der Waals surface area contributed by atoms with Gasteiger partial charge in [0.15, 0.2) is 0 Å². The van der Waals surface area contributed by atoms with Crippen LogP contribution >= 0.6 is 11.6 Å². The lowest BCUT2D eigenvalue weighted by molar-refractivity contribution is 0.244. The molecule has 0 spiro atoms. The van der Waals surface area contributed by atoms with Crippen molar-refractivity contribution in [3.05, 3.63) is 101 Å². The third-order valence-corrected chi connectivity index (χ3v) is 6.27. The summed E-state index contributed by atoms with van der Waals surface area (Å²) in [5.41, 5.74) is 4.82. The van der Waals surface area contributed by atoms with Gasteiger partial charge in [0.2, 0.25) is 5.82 Å². The van der Waals surface area contributed by atoms with Gasteiger partial charge in [-0.15, -0.1) is 0 Å². The fourth-order valence-corrected chi connectivity index (χ4v) is 4.42. The molecule has 2 amide bonds. The van der Waals surface area contributed by atoms with Gasteiger partial charge in [-0.2, -0.15) is 4.98 Å². The van der Waals surface area contributed by atoms with Gasteiger partial charge < -0.3 is 14.6 Å². The van der Waals surface area contributed by atoms with E-state index in [0.717, 1.165) is 16.7 Å². The van der Waals surface area contributed by atoms with E-state index in [-0.39, 0.29) is 6.03 Å². The minimum atomic E-state index is -0.475. The van der Waals surface area contributed by atoms with Crippen LogP contribution in [-0.2, 0) is 0 Å². The lowest BCUT2D eigenvalue weighted by atomic mass is 9.94. The number of allylic oxidation sites excluding steroid dienone is 1. The van der Waals surface area contributed by atoms with Crippen LogP contribution in [-0.4, -0.2) is 23.3 Å². The molecule has 7 nitrogen and oxygen atoms in total. The number of rotatable bonds is 5. The molecule has 4 aromatic rings. The van der Waals surface area contributed by atoms with Crippen molar-refractivity contribution in [3.63, 3.8) is 0 Å². The Morgan fingerprint density at radius 2 is 1.77 bits per heavy atom. The average Bonchev–Trinajstić information content (AvgIpc) is 3.35. The Morgan fingerprint density at radius 3 is 2.46 bits per heavy atom. The molecule has 1 aliphatic heterocycles. The Bertz CT molecular complexity index is 1410. The number of hydrogen-bond acceptors (Lipinski definition) is 5. The number of hydrogen-bond donors (Lipinski definition) is 1. The number of aryl methyl sites for hydroxylation is 1. The molecule has 1 aliphatic rings. The fraction of sp³-hybridized carbons (Fsp3) is 0.148. The van der Waals surface area contributed by atoms with Crippen molar-refractivity contribution in [1.82, 2.24) is 15.5 Å². The molecular weight excluding hydrogens is 464 g/mol. The number of nitrogens with one attached hydrogen (secondary N) is 1. The summed E-state index contributed by atoms with van der Waals surface area (Å²) in [6.45, 7) is 3.88. The number of nitrogens with zero attached hydrogens (tertiary/aromatic N) is 3. The van der Waals surface area contributed by atoms with Gasteiger partial charge in [-0.25, -0.2) is 4.79 Å². The molecule has 0 fully saturated rings. The van der Waals surface area contributed by atoms with E-state index in [1.807, 2.05) is 68.4 Å². The lowest BCUT2D eigenvalue weighted by Gasteiger charge is -2.35. The van der Waals surface area contributed by atoms with E-state index < -0.39 is 6.04 Å². The molecule has 2 heterocycles. The first-order valence-electron chi connectivity index (χ1n) is 11.1. The van der Waals surface area contributed by atoms with E-state index in [1.165, 1.54) is 0 Å². The highest BCUT2D eigenvalue weighted by Crippen LogP contribution is 2.40. The molecule has 176 valence electrons. The summed E-state index contributed by atoms with van der Waals surface area (Å²) >= 11 is 6.37. The SMILES string of the molecule is COc1ccc(N2C(=O)NC(c3ccc(C)cc3)C(c3nc(-c4ccccc4)no3)=C2C)cc1Cl. The largest absolute Gasteiger partial charge is 0.495 e. The van der Waals surface area contributed by atoms with Gasteiger partial charge in [0.25, 0.3) is 5.89 Å². The maximum Gasteiger partial charge on any atom is 0.326 e. The van der Waals surface area contributed by atoms with Crippen LogP contribution in [0.3, 0.4) is 0 Å². The summed E-state index contributed by atoms with van der Waals surface area (Å²) in [6.07, 6.45) is 0. The minimum absolute atomic E-state index is 0.291. The number of anilines is 1. The highest BCUT2D eigenvalue weighted by Gasteiger charge is 2.36. The van der Waals surface area contributed by atoms with Crippen LogP contribution in [0.4, 0.5) is 10.5 Å². The molecular formula is C27H23ClN4O3. The maximum atomic E-state index is 13.4. The predicted octanol–water partition coefficient (Wildman–Crippen LogP) is 6.41. The molecule has 35 heavy (non-hydrogen) atoms. The number of carbonyl (C=O) groups is 1. The summed E-state index contributed by atoms with van der Waals surface area (Å²) in [4.78, 5) is 19.6. The Balaban J connectivity index is 1.65. The van der Waals surface area contributed by atoms with Gasteiger partial charge in [0.1, 0.15) is 5.75 Å². The van der Waals surface area contributed by atoms with Gasteiger partial charge in [-0.05, 0) is 37.6 Å². The third-order valence-electron chi connectivity index (χ3n) is 5.98. The van der Waals surface area contributed by atoms with Crippen molar-refractivity contribution in [2.24, 2.45) is 0 Å². The number of amides is 2. The monoisotopic (exact) mass is 486 g/mol.